The molecule has 0 aliphatic carbocycles. The highest BCUT2D eigenvalue weighted by molar-refractivity contribution is 6.42. The molecule has 0 unspecified atom stereocenters. The molecule has 10 heteroatoms. The van der Waals surface area contributed by atoms with Gasteiger partial charge in [0.2, 0.25) is 5.91 Å². The van der Waals surface area contributed by atoms with Crippen molar-refractivity contribution in [1.82, 2.24) is 4.90 Å². The summed E-state index contributed by atoms with van der Waals surface area (Å²) in [6.07, 6.45) is 1.51. The summed E-state index contributed by atoms with van der Waals surface area (Å²) in [5.41, 5.74) is 2.65. The van der Waals surface area contributed by atoms with Gasteiger partial charge in [-0.05, 0) is 79.9 Å². The Kier molecular flexibility index (Phi) is 10.2. The topological polar surface area (TPSA) is 82.0 Å². The SMILES string of the molecule is C[C@@]1(C(=O)Nc2ccc(Cl)cc2C(=N[C@H](Cc2ccc(F)cc2)C(=O)O)c2ccccc2)CCCN1Cc1ccc(Cl)c(Cl)c1. The van der Waals surface area contributed by atoms with Crippen molar-refractivity contribution >= 4 is 58.1 Å². The van der Waals surface area contributed by atoms with Crippen LogP contribution in [0.25, 0.3) is 0 Å². The summed E-state index contributed by atoms with van der Waals surface area (Å²) in [5.74, 6) is -1.76. The van der Waals surface area contributed by atoms with Crippen LogP contribution in [-0.2, 0) is 22.6 Å². The van der Waals surface area contributed by atoms with Crippen molar-refractivity contribution in [2.75, 3.05) is 11.9 Å². The first-order valence-electron chi connectivity index (χ1n) is 14.4. The number of carboxylic acids is 1. The Morgan fingerprint density at radius 3 is 2.36 bits per heavy atom. The molecule has 232 valence electrons. The fourth-order valence-electron chi connectivity index (χ4n) is 5.55. The summed E-state index contributed by atoms with van der Waals surface area (Å²) in [7, 11) is 0. The quantitative estimate of drug-likeness (QED) is 0.167. The van der Waals surface area contributed by atoms with Gasteiger partial charge in [-0.3, -0.25) is 14.7 Å². The molecule has 0 aromatic heterocycles. The van der Waals surface area contributed by atoms with E-state index in [4.69, 9.17) is 39.8 Å². The van der Waals surface area contributed by atoms with Crippen LogP contribution in [0, 0.1) is 5.82 Å². The number of nitrogens with zero attached hydrogens (tertiary/aromatic N) is 2. The molecule has 1 heterocycles. The van der Waals surface area contributed by atoms with Gasteiger partial charge in [0.05, 0.1) is 27.0 Å². The van der Waals surface area contributed by atoms with Crippen LogP contribution in [-0.4, -0.2) is 45.7 Å². The minimum absolute atomic E-state index is 0.0376. The van der Waals surface area contributed by atoms with Gasteiger partial charge in [-0.25, -0.2) is 9.18 Å². The van der Waals surface area contributed by atoms with Crippen LogP contribution in [0.15, 0.2) is 96.0 Å². The maximum Gasteiger partial charge on any atom is 0.328 e. The minimum atomic E-state index is -1.19. The molecule has 1 saturated heterocycles. The number of rotatable bonds is 10. The monoisotopic (exact) mass is 665 g/mol. The third kappa shape index (κ3) is 7.74. The van der Waals surface area contributed by atoms with E-state index in [1.54, 1.807) is 36.4 Å². The number of hydrogen-bond acceptors (Lipinski definition) is 4. The first-order valence-corrected chi connectivity index (χ1v) is 15.6. The first kappa shape index (κ1) is 32.6. The minimum Gasteiger partial charge on any atom is -0.480 e. The number of amides is 1. The second-order valence-corrected chi connectivity index (χ2v) is 12.5. The molecule has 2 N–H and O–H groups in total. The highest BCUT2D eigenvalue weighted by Crippen LogP contribution is 2.34. The number of hydrogen-bond donors (Lipinski definition) is 2. The van der Waals surface area contributed by atoms with E-state index in [0.717, 1.165) is 18.5 Å². The molecule has 0 spiro atoms. The van der Waals surface area contributed by atoms with Crippen molar-refractivity contribution in [3.05, 3.63) is 134 Å². The maximum atomic E-state index is 14.1. The Morgan fingerprint density at radius 1 is 0.956 bits per heavy atom. The van der Waals surface area contributed by atoms with E-state index in [1.165, 1.54) is 12.1 Å². The molecule has 4 aromatic carbocycles. The van der Waals surface area contributed by atoms with E-state index in [0.29, 0.717) is 56.1 Å². The zero-order valence-electron chi connectivity index (χ0n) is 24.4. The molecule has 2 atom stereocenters. The summed E-state index contributed by atoms with van der Waals surface area (Å²) in [5, 5.41) is 14.6. The normalized spacial score (nSPS) is 17.7. The van der Waals surface area contributed by atoms with Gasteiger partial charge in [-0.1, -0.05) is 83.3 Å². The number of likely N-dealkylation sites (tertiary alicyclic amines) is 1. The summed E-state index contributed by atoms with van der Waals surface area (Å²) < 4.78 is 13.5. The summed E-state index contributed by atoms with van der Waals surface area (Å²) in [4.78, 5) is 33.3. The Morgan fingerprint density at radius 2 is 1.67 bits per heavy atom. The van der Waals surface area contributed by atoms with Gasteiger partial charge in [0.25, 0.3) is 0 Å². The van der Waals surface area contributed by atoms with Gasteiger partial charge in [0.1, 0.15) is 5.82 Å². The van der Waals surface area contributed by atoms with Crippen molar-refractivity contribution in [2.24, 2.45) is 4.99 Å². The number of nitrogens with one attached hydrogen (secondary N) is 1. The molecule has 45 heavy (non-hydrogen) atoms. The lowest BCUT2D eigenvalue weighted by Gasteiger charge is -2.34. The van der Waals surface area contributed by atoms with Crippen LogP contribution in [0.3, 0.4) is 0 Å². The Labute approximate surface area is 276 Å². The van der Waals surface area contributed by atoms with Crippen LogP contribution >= 0.6 is 34.8 Å². The molecule has 1 fully saturated rings. The highest BCUT2D eigenvalue weighted by atomic mass is 35.5. The first-order chi connectivity index (χ1) is 21.5. The number of carbonyl (C=O) groups excluding carboxylic acids is 1. The van der Waals surface area contributed by atoms with Gasteiger partial charge in [-0.2, -0.15) is 0 Å². The van der Waals surface area contributed by atoms with Gasteiger partial charge in [-0.15, -0.1) is 0 Å². The molecule has 4 aromatic rings. The summed E-state index contributed by atoms with van der Waals surface area (Å²) >= 11 is 18.8. The molecule has 0 radical (unpaired) electrons. The Bertz CT molecular complexity index is 1730. The van der Waals surface area contributed by atoms with E-state index in [1.807, 2.05) is 49.4 Å². The van der Waals surface area contributed by atoms with Gasteiger partial charge >= 0.3 is 5.97 Å². The highest BCUT2D eigenvalue weighted by Gasteiger charge is 2.43. The molecular weight excluding hydrogens is 636 g/mol. The third-order valence-electron chi connectivity index (χ3n) is 8.08. The zero-order valence-corrected chi connectivity index (χ0v) is 26.7. The van der Waals surface area contributed by atoms with Crippen molar-refractivity contribution in [2.45, 2.75) is 44.3 Å². The van der Waals surface area contributed by atoms with E-state index in [9.17, 15) is 19.1 Å². The second kappa shape index (κ2) is 14.1. The van der Waals surface area contributed by atoms with Crippen LogP contribution < -0.4 is 5.32 Å². The summed E-state index contributed by atoms with van der Waals surface area (Å²) in [6.45, 7) is 3.14. The van der Waals surface area contributed by atoms with E-state index < -0.39 is 23.4 Å². The predicted octanol–water partition coefficient (Wildman–Crippen LogP) is 8.31. The number of halogens is 4. The lowest BCUT2D eigenvalue weighted by Crippen LogP contribution is -2.50. The van der Waals surface area contributed by atoms with E-state index in [2.05, 4.69) is 10.2 Å². The van der Waals surface area contributed by atoms with Gasteiger partial charge in [0.15, 0.2) is 6.04 Å². The second-order valence-electron chi connectivity index (χ2n) is 11.2. The zero-order chi connectivity index (χ0) is 32.1. The largest absolute Gasteiger partial charge is 0.480 e. The molecule has 6 nitrogen and oxygen atoms in total. The number of anilines is 1. The van der Waals surface area contributed by atoms with Crippen molar-refractivity contribution < 1.29 is 19.1 Å². The number of carbonyl (C=O) groups is 2. The molecule has 1 aliphatic rings. The van der Waals surface area contributed by atoms with Gasteiger partial charge in [0, 0.05) is 29.1 Å². The average molecular weight is 667 g/mol. The third-order valence-corrected chi connectivity index (χ3v) is 9.05. The summed E-state index contributed by atoms with van der Waals surface area (Å²) in [6, 6.07) is 24.1. The fourth-order valence-corrected chi connectivity index (χ4v) is 6.04. The number of benzene rings is 4. The number of aliphatic carboxylic acids is 1. The lowest BCUT2D eigenvalue weighted by atomic mass is 9.95. The Balaban J connectivity index is 1.50. The van der Waals surface area contributed by atoms with Crippen molar-refractivity contribution in [1.29, 1.82) is 0 Å². The van der Waals surface area contributed by atoms with Crippen molar-refractivity contribution in [3.63, 3.8) is 0 Å². The molecular formula is C35H31Cl3FN3O3. The smallest absolute Gasteiger partial charge is 0.328 e. The molecule has 0 bridgehead atoms. The molecule has 0 saturated carbocycles. The van der Waals surface area contributed by atoms with Crippen LogP contribution in [0.5, 0.6) is 0 Å². The average Bonchev–Trinajstić information content (AvgIpc) is 3.40. The van der Waals surface area contributed by atoms with Crippen LogP contribution in [0.4, 0.5) is 10.1 Å². The number of aliphatic imine (C=N–C) groups is 1. The number of carboxylic acid groups (broad SMARTS) is 1. The van der Waals surface area contributed by atoms with E-state index in [-0.39, 0.29) is 12.3 Å². The fraction of sp³-hybridized carbons (Fsp3) is 0.229. The van der Waals surface area contributed by atoms with Gasteiger partial charge < -0.3 is 10.4 Å². The van der Waals surface area contributed by atoms with Crippen LogP contribution in [0.1, 0.15) is 42.0 Å². The van der Waals surface area contributed by atoms with Crippen LogP contribution in [0.2, 0.25) is 15.1 Å². The lowest BCUT2D eigenvalue weighted by molar-refractivity contribution is -0.138. The maximum absolute atomic E-state index is 14.1. The molecule has 1 aliphatic heterocycles. The van der Waals surface area contributed by atoms with Crippen molar-refractivity contribution in [3.8, 4) is 0 Å². The van der Waals surface area contributed by atoms with E-state index >= 15 is 0 Å². The molecule has 5 rings (SSSR count). The molecule has 1 amide bonds. The predicted molar refractivity (Wildman–Crippen MR) is 178 cm³/mol. The Hall–Kier alpha value is -3.75. The standard InChI is InChI=1S/C35H31Cl3FN3O3/c1-35(16-5-17-42(35)21-23-10-14-28(37)29(38)18-23)34(45)41-30-15-11-25(36)20-27(30)32(24-6-3-2-4-7-24)40-31(33(43)44)19-22-8-12-26(39)13-9-22/h2-4,6-15,18,20,31H,5,16-17,19,21H2,1H3,(H,41,45)(H,43,44)/t31-,35+/m1/s1.